The number of carbonyl (C=O) groups excluding carboxylic acids is 1. The lowest BCUT2D eigenvalue weighted by Gasteiger charge is -2.33. The van der Waals surface area contributed by atoms with Crippen LogP contribution in [0.25, 0.3) is 0 Å². The van der Waals surface area contributed by atoms with Crippen molar-refractivity contribution in [1.82, 2.24) is 9.88 Å². The van der Waals surface area contributed by atoms with Crippen molar-refractivity contribution in [2.24, 2.45) is 5.92 Å². The molecule has 0 unspecified atom stereocenters. The van der Waals surface area contributed by atoms with Crippen LogP contribution in [-0.4, -0.2) is 36.0 Å². The number of pyridine rings is 1. The molecule has 25 heavy (non-hydrogen) atoms. The predicted molar refractivity (Wildman–Crippen MR) is 98.9 cm³/mol. The van der Waals surface area contributed by atoms with Gasteiger partial charge >= 0.3 is 0 Å². The highest BCUT2D eigenvalue weighted by Crippen LogP contribution is 2.23. The summed E-state index contributed by atoms with van der Waals surface area (Å²) in [6, 6.07) is 12.1. The zero-order chi connectivity index (χ0) is 17.6. The minimum atomic E-state index is 0.113. The highest BCUT2D eigenvalue weighted by molar-refractivity contribution is 5.94. The van der Waals surface area contributed by atoms with Crippen LogP contribution in [0.2, 0.25) is 0 Å². The number of likely N-dealkylation sites (tertiary alicyclic amines) is 1. The fourth-order valence-electron chi connectivity index (χ4n) is 3.43. The van der Waals surface area contributed by atoms with Gasteiger partial charge < -0.3 is 9.64 Å². The smallest absolute Gasteiger partial charge is 0.255 e. The minimum absolute atomic E-state index is 0.113. The van der Waals surface area contributed by atoms with E-state index < -0.39 is 0 Å². The topological polar surface area (TPSA) is 42.4 Å². The zero-order valence-corrected chi connectivity index (χ0v) is 15.1. The number of ether oxygens (including phenoxy) is 1. The first-order valence-corrected chi connectivity index (χ1v) is 9.00. The van der Waals surface area contributed by atoms with E-state index in [2.05, 4.69) is 17.1 Å². The first-order valence-electron chi connectivity index (χ1n) is 9.00. The summed E-state index contributed by atoms with van der Waals surface area (Å²) in [6.45, 7) is 3.64. The highest BCUT2D eigenvalue weighted by atomic mass is 16.5. The molecule has 1 aromatic heterocycles. The molecule has 4 heteroatoms. The molecule has 1 atom stereocenters. The second kappa shape index (κ2) is 8.15. The van der Waals surface area contributed by atoms with Gasteiger partial charge in [0.05, 0.1) is 12.7 Å². The molecule has 0 spiro atoms. The van der Waals surface area contributed by atoms with Crippen LogP contribution < -0.4 is 4.74 Å². The van der Waals surface area contributed by atoms with Crippen LogP contribution in [0.1, 0.15) is 40.9 Å². The molecule has 1 fully saturated rings. The van der Waals surface area contributed by atoms with Gasteiger partial charge in [0.2, 0.25) is 0 Å². The van der Waals surface area contributed by atoms with E-state index in [4.69, 9.17) is 4.74 Å². The SMILES string of the molecule is COc1ccc(CC[C@H]2CCCN(C(=O)c3ccc(C)nc3)C2)cc1. The van der Waals surface area contributed by atoms with E-state index in [-0.39, 0.29) is 5.91 Å². The molecule has 3 rings (SSSR count). The second-order valence-corrected chi connectivity index (χ2v) is 6.83. The number of amides is 1. The second-order valence-electron chi connectivity index (χ2n) is 6.83. The van der Waals surface area contributed by atoms with Gasteiger partial charge in [-0.25, -0.2) is 0 Å². The Hall–Kier alpha value is -2.36. The Balaban J connectivity index is 1.55. The molecule has 0 aliphatic carbocycles. The van der Waals surface area contributed by atoms with Crippen molar-refractivity contribution >= 4 is 5.91 Å². The van der Waals surface area contributed by atoms with Crippen molar-refractivity contribution in [3.63, 3.8) is 0 Å². The molecule has 0 saturated carbocycles. The van der Waals surface area contributed by atoms with E-state index in [1.165, 1.54) is 12.0 Å². The van der Waals surface area contributed by atoms with Crippen molar-refractivity contribution in [2.75, 3.05) is 20.2 Å². The van der Waals surface area contributed by atoms with E-state index >= 15 is 0 Å². The number of aryl methyl sites for hydroxylation is 2. The molecule has 1 aliphatic rings. The van der Waals surface area contributed by atoms with Crippen LogP contribution in [0, 0.1) is 12.8 Å². The van der Waals surface area contributed by atoms with Gasteiger partial charge in [-0.3, -0.25) is 9.78 Å². The third kappa shape index (κ3) is 4.59. The molecule has 4 nitrogen and oxygen atoms in total. The summed E-state index contributed by atoms with van der Waals surface area (Å²) < 4.78 is 5.20. The first-order chi connectivity index (χ1) is 12.2. The summed E-state index contributed by atoms with van der Waals surface area (Å²) in [5, 5.41) is 0. The number of aromatic nitrogens is 1. The van der Waals surface area contributed by atoms with Gasteiger partial charge in [-0.15, -0.1) is 0 Å². The molecule has 0 radical (unpaired) electrons. The van der Waals surface area contributed by atoms with Gasteiger partial charge in [-0.1, -0.05) is 12.1 Å². The lowest BCUT2D eigenvalue weighted by Crippen LogP contribution is -2.40. The van der Waals surface area contributed by atoms with Crippen molar-refractivity contribution in [3.8, 4) is 5.75 Å². The van der Waals surface area contributed by atoms with Crippen molar-refractivity contribution < 1.29 is 9.53 Å². The maximum absolute atomic E-state index is 12.7. The summed E-state index contributed by atoms with van der Waals surface area (Å²) in [7, 11) is 1.69. The number of hydrogen-bond acceptors (Lipinski definition) is 3. The lowest BCUT2D eigenvalue weighted by molar-refractivity contribution is 0.0668. The molecular weight excluding hydrogens is 312 g/mol. The summed E-state index contributed by atoms with van der Waals surface area (Å²) in [6.07, 6.45) is 6.13. The quantitative estimate of drug-likeness (QED) is 0.831. The fraction of sp³-hybridized carbons (Fsp3) is 0.429. The van der Waals surface area contributed by atoms with Crippen molar-refractivity contribution in [1.29, 1.82) is 0 Å². The molecule has 1 aromatic carbocycles. The highest BCUT2D eigenvalue weighted by Gasteiger charge is 2.24. The molecule has 2 aromatic rings. The Morgan fingerprint density at radius 3 is 2.72 bits per heavy atom. The van der Waals surface area contributed by atoms with Crippen LogP contribution in [-0.2, 0) is 6.42 Å². The number of benzene rings is 1. The van der Waals surface area contributed by atoms with E-state index in [1.54, 1.807) is 13.3 Å². The summed E-state index contributed by atoms with van der Waals surface area (Å²) in [5.74, 6) is 1.57. The first kappa shape index (κ1) is 17.5. The van der Waals surface area contributed by atoms with E-state index in [0.29, 0.717) is 11.5 Å². The minimum Gasteiger partial charge on any atom is -0.497 e. The molecule has 0 bridgehead atoms. The van der Waals surface area contributed by atoms with E-state index in [9.17, 15) is 4.79 Å². The number of carbonyl (C=O) groups is 1. The number of piperidine rings is 1. The average molecular weight is 338 g/mol. The van der Waals surface area contributed by atoms with E-state index in [1.807, 2.05) is 36.1 Å². The van der Waals surface area contributed by atoms with E-state index in [0.717, 1.165) is 43.8 Å². The summed E-state index contributed by atoms with van der Waals surface area (Å²) in [4.78, 5) is 18.9. The van der Waals surface area contributed by atoms with Crippen LogP contribution in [0.4, 0.5) is 0 Å². The van der Waals surface area contributed by atoms with Gasteiger partial charge in [0.15, 0.2) is 0 Å². The van der Waals surface area contributed by atoms with Gasteiger partial charge in [0.1, 0.15) is 5.75 Å². The van der Waals surface area contributed by atoms with Crippen LogP contribution in [0.5, 0.6) is 5.75 Å². The molecule has 1 saturated heterocycles. The third-order valence-electron chi connectivity index (χ3n) is 4.96. The summed E-state index contributed by atoms with van der Waals surface area (Å²) >= 11 is 0. The fourth-order valence-corrected chi connectivity index (χ4v) is 3.43. The maximum Gasteiger partial charge on any atom is 0.255 e. The Kier molecular flexibility index (Phi) is 5.69. The number of nitrogens with zero attached hydrogens (tertiary/aromatic N) is 2. The van der Waals surface area contributed by atoms with Crippen molar-refractivity contribution in [2.45, 2.75) is 32.6 Å². The Bertz CT molecular complexity index is 695. The van der Waals surface area contributed by atoms with Gasteiger partial charge in [-0.2, -0.15) is 0 Å². The lowest BCUT2D eigenvalue weighted by atomic mass is 9.91. The molecular formula is C21H26N2O2. The molecule has 132 valence electrons. The molecule has 2 heterocycles. The largest absolute Gasteiger partial charge is 0.497 e. The van der Waals surface area contributed by atoms with Crippen LogP contribution in [0.3, 0.4) is 0 Å². The molecule has 1 aliphatic heterocycles. The number of hydrogen-bond donors (Lipinski definition) is 0. The predicted octanol–water partition coefficient (Wildman–Crippen LogP) is 3.88. The maximum atomic E-state index is 12.7. The summed E-state index contributed by atoms with van der Waals surface area (Å²) in [5.41, 5.74) is 2.96. The van der Waals surface area contributed by atoms with Gasteiger partial charge in [-0.05, 0) is 68.4 Å². The van der Waals surface area contributed by atoms with Crippen LogP contribution in [0.15, 0.2) is 42.6 Å². The third-order valence-corrected chi connectivity index (χ3v) is 4.96. The standard InChI is InChI=1S/C21H26N2O2/c1-16-5-10-19(14-22-16)21(24)23-13-3-4-18(15-23)7-6-17-8-11-20(25-2)12-9-17/h5,8-12,14,18H,3-4,6-7,13,15H2,1-2H3/t18-/m1/s1. The average Bonchev–Trinajstić information content (AvgIpc) is 2.67. The monoisotopic (exact) mass is 338 g/mol. The van der Waals surface area contributed by atoms with Crippen LogP contribution >= 0.6 is 0 Å². The Morgan fingerprint density at radius 2 is 2.04 bits per heavy atom. The zero-order valence-electron chi connectivity index (χ0n) is 15.1. The molecule has 0 N–H and O–H groups in total. The molecule has 1 amide bonds. The number of methoxy groups -OCH3 is 1. The van der Waals surface area contributed by atoms with Crippen molar-refractivity contribution in [3.05, 3.63) is 59.4 Å². The Morgan fingerprint density at radius 1 is 1.24 bits per heavy atom. The van der Waals surface area contributed by atoms with Gasteiger partial charge in [0.25, 0.3) is 5.91 Å². The van der Waals surface area contributed by atoms with Gasteiger partial charge in [0, 0.05) is 25.0 Å². The Labute approximate surface area is 149 Å². The number of rotatable bonds is 5. The normalized spacial score (nSPS) is 17.4.